The molecule has 51 heavy (non-hydrogen) atoms. The van der Waals surface area contributed by atoms with Crippen molar-refractivity contribution in [3.63, 3.8) is 0 Å². The fourth-order valence-electron chi connectivity index (χ4n) is 8.53. The second kappa shape index (κ2) is 10.0. The standard InChI is InChI=1S/C46H26N4S/c1-2-13-27(14-3-1)42-45(48-46-43(47-42)34-19-8-11-24-41(34)51-46)50-38-23-10-7-18-31(38)35-25-39-36(26-40(35)50)33-21-12-20-32-29-16-5-4-15-28(29)30-17-6-9-22-37(30)49(39)44(32)33/h1-26H. The van der Waals surface area contributed by atoms with Crippen LogP contribution in [0.1, 0.15) is 0 Å². The zero-order valence-corrected chi connectivity index (χ0v) is 28.0. The van der Waals surface area contributed by atoms with E-state index in [0.717, 1.165) is 43.8 Å². The van der Waals surface area contributed by atoms with Gasteiger partial charge in [-0.3, -0.25) is 4.57 Å². The highest BCUT2D eigenvalue weighted by Gasteiger charge is 2.26. The summed E-state index contributed by atoms with van der Waals surface area (Å²) in [7, 11) is 0. The van der Waals surface area contributed by atoms with Crippen molar-refractivity contribution < 1.29 is 0 Å². The molecule has 0 unspecified atom stereocenters. The predicted octanol–water partition coefficient (Wildman–Crippen LogP) is 12.4. The van der Waals surface area contributed by atoms with Crippen LogP contribution in [-0.2, 0) is 0 Å². The van der Waals surface area contributed by atoms with Gasteiger partial charge in [0.1, 0.15) is 16.0 Å². The molecular weight excluding hydrogens is 641 g/mol. The van der Waals surface area contributed by atoms with Gasteiger partial charge < -0.3 is 4.57 Å². The van der Waals surface area contributed by atoms with E-state index in [-0.39, 0.29) is 0 Å². The van der Waals surface area contributed by atoms with Crippen LogP contribution in [0, 0.1) is 0 Å². The second-order valence-corrected chi connectivity index (χ2v) is 14.4. The molecular formula is C46H26N4S. The third kappa shape index (κ3) is 3.63. The highest BCUT2D eigenvalue weighted by Crippen LogP contribution is 2.48. The van der Waals surface area contributed by atoms with E-state index in [2.05, 4.69) is 167 Å². The summed E-state index contributed by atoms with van der Waals surface area (Å²) < 4.78 is 6.05. The largest absolute Gasteiger partial charge is 0.308 e. The zero-order valence-electron chi connectivity index (χ0n) is 27.2. The smallest absolute Gasteiger partial charge is 0.166 e. The fraction of sp³-hybridized carbons (Fsp3) is 0. The van der Waals surface area contributed by atoms with Crippen molar-refractivity contribution in [2.45, 2.75) is 0 Å². The molecule has 1 aliphatic heterocycles. The van der Waals surface area contributed by atoms with Crippen molar-refractivity contribution in [3.8, 4) is 45.0 Å². The van der Waals surface area contributed by atoms with E-state index >= 15 is 0 Å². The van der Waals surface area contributed by atoms with Gasteiger partial charge in [0.15, 0.2) is 5.82 Å². The summed E-state index contributed by atoms with van der Waals surface area (Å²) in [5.74, 6) is 0.843. The first kappa shape index (κ1) is 27.3. The number of benzene rings is 7. The number of thiophene rings is 1. The number of rotatable bonds is 2. The molecule has 0 saturated carbocycles. The molecule has 0 N–H and O–H groups in total. The van der Waals surface area contributed by atoms with Crippen molar-refractivity contribution in [1.29, 1.82) is 0 Å². The van der Waals surface area contributed by atoms with Crippen LogP contribution >= 0.6 is 11.3 Å². The molecule has 0 bridgehead atoms. The first-order valence-electron chi connectivity index (χ1n) is 17.3. The number of para-hydroxylation sites is 3. The molecule has 1 aliphatic rings. The van der Waals surface area contributed by atoms with Gasteiger partial charge in [0, 0.05) is 48.3 Å². The molecule has 0 atom stereocenters. The van der Waals surface area contributed by atoms with E-state index in [9.17, 15) is 0 Å². The van der Waals surface area contributed by atoms with Crippen molar-refractivity contribution in [3.05, 3.63) is 158 Å². The zero-order chi connectivity index (χ0) is 33.2. The number of hydrogen-bond acceptors (Lipinski definition) is 3. The molecule has 5 heteroatoms. The van der Waals surface area contributed by atoms with E-state index in [1.54, 1.807) is 11.3 Å². The van der Waals surface area contributed by atoms with Crippen LogP contribution in [0.3, 0.4) is 0 Å². The quantitative estimate of drug-likeness (QED) is 0.184. The summed E-state index contributed by atoms with van der Waals surface area (Å²) in [5, 5.41) is 5.98. The lowest BCUT2D eigenvalue weighted by Crippen LogP contribution is -2.03. The summed E-state index contributed by atoms with van der Waals surface area (Å²) in [5.41, 5.74) is 13.7. The van der Waals surface area contributed by atoms with Crippen LogP contribution in [0.4, 0.5) is 0 Å². The molecule has 0 radical (unpaired) electrons. The minimum absolute atomic E-state index is 0.843. The minimum Gasteiger partial charge on any atom is -0.308 e. The molecule has 236 valence electrons. The Morgan fingerprint density at radius 2 is 1.06 bits per heavy atom. The first-order chi connectivity index (χ1) is 25.3. The molecule has 0 saturated heterocycles. The SMILES string of the molecule is c1ccc(-c2nc3c(nc2-n2c4ccccc4c4cc5c(cc42)c2cccc4c2n5-c2ccccc2-c2ccccc2-4)sc2ccccc23)cc1. The molecule has 4 nitrogen and oxygen atoms in total. The van der Waals surface area contributed by atoms with Gasteiger partial charge in [-0.2, -0.15) is 0 Å². The predicted molar refractivity (Wildman–Crippen MR) is 213 cm³/mol. The van der Waals surface area contributed by atoms with Crippen LogP contribution in [0.2, 0.25) is 0 Å². The Balaban J connectivity index is 1.25. The Morgan fingerprint density at radius 3 is 1.92 bits per heavy atom. The molecule has 7 aromatic carbocycles. The van der Waals surface area contributed by atoms with Crippen LogP contribution in [0.25, 0.3) is 109 Å². The summed E-state index contributed by atoms with van der Waals surface area (Å²) in [6.45, 7) is 0. The summed E-state index contributed by atoms with van der Waals surface area (Å²) >= 11 is 1.71. The van der Waals surface area contributed by atoms with Crippen LogP contribution in [0.5, 0.6) is 0 Å². The van der Waals surface area contributed by atoms with E-state index in [1.807, 2.05) is 0 Å². The lowest BCUT2D eigenvalue weighted by atomic mass is 9.94. The Bertz CT molecular complexity index is 3250. The summed E-state index contributed by atoms with van der Waals surface area (Å²) in [4.78, 5) is 11.9. The van der Waals surface area contributed by atoms with Crippen LogP contribution in [-0.4, -0.2) is 19.1 Å². The van der Waals surface area contributed by atoms with Gasteiger partial charge >= 0.3 is 0 Å². The number of fused-ring (bicyclic) bond motifs is 14. The molecule has 5 heterocycles. The van der Waals surface area contributed by atoms with E-state index in [1.165, 1.54) is 65.2 Å². The summed E-state index contributed by atoms with van der Waals surface area (Å²) in [6, 6.07) is 57.0. The highest BCUT2D eigenvalue weighted by atomic mass is 32.1. The van der Waals surface area contributed by atoms with Gasteiger partial charge in [0.05, 0.1) is 27.8 Å². The number of aromatic nitrogens is 4. The van der Waals surface area contributed by atoms with Crippen molar-refractivity contribution in [2.75, 3.05) is 0 Å². The van der Waals surface area contributed by atoms with Gasteiger partial charge in [-0.05, 0) is 41.5 Å². The van der Waals surface area contributed by atoms with Gasteiger partial charge in [-0.1, -0.05) is 127 Å². The third-order valence-electron chi connectivity index (χ3n) is 10.7. The van der Waals surface area contributed by atoms with Crippen molar-refractivity contribution >= 4 is 75.4 Å². The Kier molecular flexibility index (Phi) is 5.35. The van der Waals surface area contributed by atoms with Crippen LogP contribution < -0.4 is 0 Å². The maximum Gasteiger partial charge on any atom is 0.166 e. The van der Waals surface area contributed by atoms with E-state index in [0.29, 0.717) is 0 Å². The molecule has 12 rings (SSSR count). The number of hydrogen-bond donors (Lipinski definition) is 0. The average Bonchev–Trinajstić information content (AvgIpc) is 3.80. The molecule has 4 aromatic heterocycles. The highest BCUT2D eigenvalue weighted by molar-refractivity contribution is 7.25. The number of nitrogens with zero attached hydrogens (tertiary/aromatic N) is 4. The Hall–Kier alpha value is -6.56. The monoisotopic (exact) mass is 666 g/mol. The molecule has 0 amide bonds. The molecule has 0 spiro atoms. The summed E-state index contributed by atoms with van der Waals surface area (Å²) in [6.07, 6.45) is 0. The van der Waals surface area contributed by atoms with Gasteiger partial charge in [-0.15, -0.1) is 11.3 Å². The fourth-order valence-corrected chi connectivity index (χ4v) is 9.54. The lowest BCUT2D eigenvalue weighted by molar-refractivity contribution is 1.09. The van der Waals surface area contributed by atoms with Crippen molar-refractivity contribution in [1.82, 2.24) is 19.1 Å². The Morgan fingerprint density at radius 1 is 0.431 bits per heavy atom. The lowest BCUT2D eigenvalue weighted by Gasteiger charge is -2.13. The minimum atomic E-state index is 0.843. The molecule has 0 aliphatic carbocycles. The average molecular weight is 667 g/mol. The Labute approximate surface area is 296 Å². The molecule has 0 fully saturated rings. The van der Waals surface area contributed by atoms with Crippen molar-refractivity contribution in [2.24, 2.45) is 0 Å². The first-order valence-corrected chi connectivity index (χ1v) is 18.1. The van der Waals surface area contributed by atoms with Gasteiger partial charge in [-0.25, -0.2) is 9.97 Å². The maximum absolute atomic E-state index is 5.50. The second-order valence-electron chi connectivity index (χ2n) is 13.4. The maximum atomic E-state index is 5.50. The van der Waals surface area contributed by atoms with Gasteiger partial charge in [0.2, 0.25) is 0 Å². The topological polar surface area (TPSA) is 35.6 Å². The van der Waals surface area contributed by atoms with E-state index < -0.39 is 0 Å². The van der Waals surface area contributed by atoms with E-state index in [4.69, 9.17) is 9.97 Å². The van der Waals surface area contributed by atoms with Crippen LogP contribution in [0.15, 0.2) is 158 Å². The normalized spacial score (nSPS) is 12.3. The van der Waals surface area contributed by atoms with Gasteiger partial charge in [0.25, 0.3) is 0 Å². The molecule has 11 aromatic rings. The third-order valence-corrected chi connectivity index (χ3v) is 11.7.